The summed E-state index contributed by atoms with van der Waals surface area (Å²) in [6, 6.07) is 7.26. The van der Waals surface area contributed by atoms with Crippen molar-refractivity contribution in [3.05, 3.63) is 34.6 Å². The largest absolute Gasteiger partial charge is 0.347 e. The zero-order chi connectivity index (χ0) is 13.1. The zero-order valence-electron chi connectivity index (χ0n) is 9.85. The summed E-state index contributed by atoms with van der Waals surface area (Å²) >= 11 is 11.7. The average molecular weight is 284 g/mol. The Morgan fingerprint density at radius 1 is 1.11 bits per heavy atom. The Hall–Kier alpha value is -1.59. The third kappa shape index (κ3) is 3.21. The molecule has 0 aliphatic carbocycles. The van der Waals surface area contributed by atoms with E-state index in [-0.39, 0.29) is 5.28 Å². The van der Waals surface area contributed by atoms with Crippen LogP contribution in [-0.2, 0) is 0 Å². The van der Waals surface area contributed by atoms with E-state index in [2.05, 4.69) is 20.3 Å². The molecule has 2 rings (SSSR count). The number of halogens is 2. The summed E-state index contributed by atoms with van der Waals surface area (Å²) in [6.45, 7) is 0. The predicted octanol–water partition coefficient (Wildman–Crippen LogP) is 2.99. The average Bonchev–Trinajstić information content (AvgIpc) is 2.28. The lowest BCUT2D eigenvalue weighted by atomic mass is 10.3. The van der Waals surface area contributed by atoms with Crippen LogP contribution in [0.25, 0.3) is 0 Å². The summed E-state index contributed by atoms with van der Waals surface area (Å²) in [6.07, 6.45) is 0. The number of anilines is 3. The van der Waals surface area contributed by atoms with Gasteiger partial charge in [0, 0.05) is 24.8 Å². The van der Waals surface area contributed by atoms with Gasteiger partial charge in [-0.15, -0.1) is 0 Å². The van der Waals surface area contributed by atoms with Gasteiger partial charge in [0.2, 0.25) is 17.2 Å². The van der Waals surface area contributed by atoms with Crippen molar-refractivity contribution in [3.63, 3.8) is 0 Å². The lowest BCUT2D eigenvalue weighted by Gasteiger charge is -2.11. The molecule has 5 nitrogen and oxygen atoms in total. The molecule has 0 spiro atoms. The SMILES string of the molecule is CN(C)c1nc(Cl)nc(Nc2cccc(Cl)c2)n1. The van der Waals surface area contributed by atoms with E-state index in [9.17, 15) is 0 Å². The van der Waals surface area contributed by atoms with Crippen LogP contribution < -0.4 is 10.2 Å². The van der Waals surface area contributed by atoms with Crippen molar-refractivity contribution >= 4 is 40.8 Å². The molecular weight excluding hydrogens is 273 g/mol. The first-order valence-corrected chi connectivity index (χ1v) is 5.91. The van der Waals surface area contributed by atoms with Crippen LogP contribution in [0.1, 0.15) is 0 Å². The molecule has 0 saturated heterocycles. The molecule has 0 fully saturated rings. The van der Waals surface area contributed by atoms with E-state index >= 15 is 0 Å². The summed E-state index contributed by atoms with van der Waals surface area (Å²) in [5.41, 5.74) is 0.787. The van der Waals surface area contributed by atoms with Crippen molar-refractivity contribution in [2.45, 2.75) is 0 Å². The summed E-state index contributed by atoms with van der Waals surface area (Å²) < 4.78 is 0. The molecular formula is C11H11Cl2N5. The van der Waals surface area contributed by atoms with Gasteiger partial charge < -0.3 is 10.2 Å². The molecule has 94 valence electrons. The van der Waals surface area contributed by atoms with E-state index in [4.69, 9.17) is 23.2 Å². The molecule has 2 aromatic rings. The number of hydrogen-bond donors (Lipinski definition) is 1. The highest BCUT2D eigenvalue weighted by molar-refractivity contribution is 6.30. The fourth-order valence-corrected chi connectivity index (χ4v) is 1.64. The van der Waals surface area contributed by atoms with Crippen LogP contribution in [0.3, 0.4) is 0 Å². The molecule has 0 amide bonds. The van der Waals surface area contributed by atoms with E-state index < -0.39 is 0 Å². The first-order valence-electron chi connectivity index (χ1n) is 5.16. The van der Waals surface area contributed by atoms with Gasteiger partial charge in [0.15, 0.2) is 0 Å². The molecule has 18 heavy (non-hydrogen) atoms. The number of rotatable bonds is 3. The molecule has 0 atom stereocenters. The van der Waals surface area contributed by atoms with Crippen LogP contribution in [0.5, 0.6) is 0 Å². The Balaban J connectivity index is 2.29. The fourth-order valence-electron chi connectivity index (χ4n) is 1.29. The third-order valence-corrected chi connectivity index (χ3v) is 2.48. The van der Waals surface area contributed by atoms with Crippen molar-refractivity contribution < 1.29 is 0 Å². The molecule has 7 heteroatoms. The maximum Gasteiger partial charge on any atom is 0.233 e. The van der Waals surface area contributed by atoms with E-state index in [0.29, 0.717) is 16.9 Å². The molecule has 1 aromatic carbocycles. The first kappa shape index (κ1) is 12.9. The van der Waals surface area contributed by atoms with Crippen molar-refractivity contribution in [1.82, 2.24) is 15.0 Å². The van der Waals surface area contributed by atoms with Crippen LogP contribution in [0.2, 0.25) is 10.3 Å². The van der Waals surface area contributed by atoms with Gasteiger partial charge in [-0.2, -0.15) is 15.0 Å². The maximum absolute atomic E-state index is 5.90. The normalized spacial score (nSPS) is 10.2. The van der Waals surface area contributed by atoms with Crippen LogP contribution in [-0.4, -0.2) is 29.0 Å². The highest BCUT2D eigenvalue weighted by atomic mass is 35.5. The molecule has 0 aliphatic rings. The highest BCUT2D eigenvalue weighted by Crippen LogP contribution is 2.19. The Morgan fingerprint density at radius 2 is 1.89 bits per heavy atom. The van der Waals surface area contributed by atoms with E-state index in [1.54, 1.807) is 17.0 Å². The van der Waals surface area contributed by atoms with Gasteiger partial charge in [-0.25, -0.2) is 0 Å². The van der Waals surface area contributed by atoms with Crippen molar-refractivity contribution in [2.24, 2.45) is 0 Å². The van der Waals surface area contributed by atoms with E-state index in [0.717, 1.165) is 5.69 Å². The van der Waals surface area contributed by atoms with Crippen LogP contribution in [0, 0.1) is 0 Å². The topological polar surface area (TPSA) is 53.9 Å². The lowest BCUT2D eigenvalue weighted by molar-refractivity contribution is 0.961. The second-order valence-corrected chi connectivity index (χ2v) is 4.53. The van der Waals surface area contributed by atoms with Crippen molar-refractivity contribution in [3.8, 4) is 0 Å². The van der Waals surface area contributed by atoms with E-state index in [1.165, 1.54) is 0 Å². The van der Waals surface area contributed by atoms with Gasteiger partial charge in [-0.1, -0.05) is 17.7 Å². The summed E-state index contributed by atoms with van der Waals surface area (Å²) in [5, 5.41) is 3.79. The summed E-state index contributed by atoms with van der Waals surface area (Å²) in [4.78, 5) is 14.0. The quantitative estimate of drug-likeness (QED) is 0.939. The van der Waals surface area contributed by atoms with Gasteiger partial charge in [0.25, 0.3) is 0 Å². The molecule has 1 aromatic heterocycles. The van der Waals surface area contributed by atoms with Crippen LogP contribution >= 0.6 is 23.2 Å². The summed E-state index contributed by atoms with van der Waals surface area (Å²) in [7, 11) is 3.66. The van der Waals surface area contributed by atoms with Gasteiger partial charge in [0.1, 0.15) is 0 Å². The Bertz CT molecular complexity index is 559. The van der Waals surface area contributed by atoms with Crippen molar-refractivity contribution in [2.75, 3.05) is 24.3 Å². The molecule has 0 unspecified atom stereocenters. The first-order chi connectivity index (χ1) is 8.54. The van der Waals surface area contributed by atoms with E-state index in [1.807, 2.05) is 26.2 Å². The second-order valence-electron chi connectivity index (χ2n) is 3.76. The smallest absolute Gasteiger partial charge is 0.233 e. The number of benzene rings is 1. The van der Waals surface area contributed by atoms with Gasteiger partial charge in [0.05, 0.1) is 0 Å². The minimum atomic E-state index is 0.137. The van der Waals surface area contributed by atoms with Gasteiger partial charge >= 0.3 is 0 Å². The molecule has 0 bridgehead atoms. The Morgan fingerprint density at radius 3 is 2.56 bits per heavy atom. The Labute approximate surface area is 115 Å². The number of hydrogen-bond acceptors (Lipinski definition) is 5. The second kappa shape index (κ2) is 5.37. The summed E-state index contributed by atoms with van der Waals surface area (Å²) in [5.74, 6) is 0.862. The standard InChI is InChI=1S/C11H11Cl2N5/c1-18(2)11-16-9(13)15-10(17-11)14-8-5-3-4-7(12)6-8/h3-6H,1-2H3,(H,14,15,16,17). The lowest BCUT2D eigenvalue weighted by Crippen LogP contribution is -2.14. The van der Waals surface area contributed by atoms with Crippen LogP contribution in [0.15, 0.2) is 24.3 Å². The molecule has 0 aliphatic heterocycles. The molecule has 1 N–H and O–H groups in total. The number of nitrogens with zero attached hydrogens (tertiary/aromatic N) is 4. The third-order valence-electron chi connectivity index (χ3n) is 2.08. The molecule has 0 radical (unpaired) electrons. The van der Waals surface area contributed by atoms with Crippen molar-refractivity contribution in [1.29, 1.82) is 0 Å². The fraction of sp³-hybridized carbons (Fsp3) is 0.182. The zero-order valence-corrected chi connectivity index (χ0v) is 11.4. The van der Waals surface area contributed by atoms with Gasteiger partial charge in [-0.05, 0) is 29.8 Å². The van der Waals surface area contributed by atoms with Gasteiger partial charge in [-0.3, -0.25) is 0 Å². The monoisotopic (exact) mass is 283 g/mol. The van der Waals surface area contributed by atoms with Crippen LogP contribution in [0.4, 0.5) is 17.6 Å². The molecule has 0 saturated carbocycles. The number of nitrogens with one attached hydrogen (secondary N) is 1. The maximum atomic E-state index is 5.90. The number of aromatic nitrogens is 3. The minimum absolute atomic E-state index is 0.137. The minimum Gasteiger partial charge on any atom is -0.347 e. The Kier molecular flexibility index (Phi) is 3.84. The predicted molar refractivity (Wildman–Crippen MR) is 73.9 cm³/mol. The highest BCUT2D eigenvalue weighted by Gasteiger charge is 2.06. The molecule has 1 heterocycles.